The van der Waals surface area contributed by atoms with E-state index in [1.807, 2.05) is 36.4 Å². The first-order chi connectivity index (χ1) is 15.3. The van der Waals surface area contributed by atoms with Crippen LogP contribution in [0.15, 0.2) is 71.3 Å². The van der Waals surface area contributed by atoms with Crippen molar-refractivity contribution in [1.29, 1.82) is 0 Å². The summed E-state index contributed by atoms with van der Waals surface area (Å²) in [5, 5.41) is 2.98. The number of nitrogens with one attached hydrogen (secondary N) is 1. The molecule has 5 nitrogen and oxygen atoms in total. The van der Waals surface area contributed by atoms with Crippen LogP contribution in [-0.4, -0.2) is 23.9 Å². The molecular weight excluding hydrogens is 388 g/mol. The average Bonchev–Trinajstić information content (AvgIpc) is 3.13. The molecule has 0 unspecified atom stereocenters. The molecule has 0 saturated carbocycles. The Morgan fingerprint density at radius 3 is 2.52 bits per heavy atom. The summed E-state index contributed by atoms with van der Waals surface area (Å²) in [6.45, 7) is 4.07. The Bertz CT molecular complexity index is 960. The summed E-state index contributed by atoms with van der Waals surface area (Å²) in [5.74, 6) is 0.836. The average molecular weight is 419 g/mol. The third-order valence-electron chi connectivity index (χ3n) is 5.64. The summed E-state index contributed by atoms with van der Waals surface area (Å²) >= 11 is 0. The molecule has 1 saturated heterocycles. The van der Waals surface area contributed by atoms with E-state index in [-0.39, 0.29) is 12.5 Å². The molecule has 0 radical (unpaired) electrons. The van der Waals surface area contributed by atoms with Gasteiger partial charge in [-0.15, -0.1) is 0 Å². The molecule has 1 aliphatic rings. The Labute approximate surface area is 184 Å². The zero-order chi connectivity index (χ0) is 21.3. The molecule has 31 heavy (non-hydrogen) atoms. The zero-order valence-electron chi connectivity index (χ0n) is 17.9. The fourth-order valence-corrected chi connectivity index (χ4v) is 3.98. The quantitative estimate of drug-likeness (QED) is 0.549. The number of carbonyl (C=O) groups excluding carboxylic acids is 1. The third-order valence-corrected chi connectivity index (χ3v) is 5.64. The SMILES string of the molecule is O=C(NCc1cccc(CN2CCCCCC2)c1)c1occc1COc1ccccc1. The lowest BCUT2D eigenvalue weighted by Gasteiger charge is -2.20. The Morgan fingerprint density at radius 1 is 0.935 bits per heavy atom. The smallest absolute Gasteiger partial charge is 0.287 e. The molecule has 4 rings (SSSR count). The molecule has 3 aromatic rings. The van der Waals surface area contributed by atoms with Gasteiger partial charge < -0.3 is 14.5 Å². The Kier molecular flexibility index (Phi) is 7.40. The number of rotatable bonds is 8. The van der Waals surface area contributed by atoms with Gasteiger partial charge in [-0.1, -0.05) is 55.3 Å². The van der Waals surface area contributed by atoms with E-state index in [4.69, 9.17) is 9.15 Å². The van der Waals surface area contributed by atoms with Crippen molar-refractivity contribution in [2.24, 2.45) is 0 Å². The van der Waals surface area contributed by atoms with Gasteiger partial charge >= 0.3 is 0 Å². The molecule has 2 heterocycles. The number of carbonyl (C=O) groups is 1. The molecule has 0 spiro atoms. The van der Waals surface area contributed by atoms with Gasteiger partial charge in [0.15, 0.2) is 5.76 Å². The fourth-order valence-electron chi connectivity index (χ4n) is 3.98. The molecular formula is C26H30N2O3. The maximum absolute atomic E-state index is 12.7. The van der Waals surface area contributed by atoms with Crippen molar-refractivity contribution < 1.29 is 13.9 Å². The van der Waals surface area contributed by atoms with E-state index < -0.39 is 0 Å². The van der Waals surface area contributed by atoms with Crippen LogP contribution in [-0.2, 0) is 19.7 Å². The van der Waals surface area contributed by atoms with E-state index in [0.29, 0.717) is 12.3 Å². The van der Waals surface area contributed by atoms with Crippen molar-refractivity contribution in [1.82, 2.24) is 10.2 Å². The van der Waals surface area contributed by atoms with E-state index >= 15 is 0 Å². The molecule has 5 heteroatoms. The summed E-state index contributed by atoms with van der Waals surface area (Å²) in [6.07, 6.45) is 6.78. The zero-order valence-corrected chi connectivity index (χ0v) is 17.9. The molecule has 1 amide bonds. The molecule has 1 N–H and O–H groups in total. The van der Waals surface area contributed by atoms with Crippen LogP contribution in [0.1, 0.15) is 52.9 Å². The van der Waals surface area contributed by atoms with Gasteiger partial charge in [0.05, 0.1) is 6.26 Å². The topological polar surface area (TPSA) is 54.7 Å². The lowest BCUT2D eigenvalue weighted by molar-refractivity contribution is 0.0919. The highest BCUT2D eigenvalue weighted by Crippen LogP contribution is 2.17. The number of nitrogens with zero attached hydrogens (tertiary/aromatic N) is 1. The van der Waals surface area contributed by atoms with Gasteiger partial charge in [-0.25, -0.2) is 0 Å². The number of para-hydroxylation sites is 1. The normalized spacial score (nSPS) is 14.7. The van der Waals surface area contributed by atoms with Gasteiger partial charge in [0, 0.05) is 18.7 Å². The highest BCUT2D eigenvalue weighted by atomic mass is 16.5. The van der Waals surface area contributed by atoms with Crippen LogP contribution >= 0.6 is 0 Å². The lowest BCUT2D eigenvalue weighted by Crippen LogP contribution is -2.25. The second-order valence-electron chi connectivity index (χ2n) is 8.07. The van der Waals surface area contributed by atoms with E-state index in [1.165, 1.54) is 50.6 Å². The van der Waals surface area contributed by atoms with E-state index in [0.717, 1.165) is 23.4 Å². The number of furan rings is 1. The minimum Gasteiger partial charge on any atom is -0.489 e. The lowest BCUT2D eigenvalue weighted by atomic mass is 10.1. The second-order valence-corrected chi connectivity index (χ2v) is 8.07. The number of hydrogen-bond donors (Lipinski definition) is 1. The van der Waals surface area contributed by atoms with Gasteiger partial charge in [-0.3, -0.25) is 9.69 Å². The van der Waals surface area contributed by atoms with Crippen molar-refractivity contribution >= 4 is 5.91 Å². The molecule has 1 aliphatic heterocycles. The Morgan fingerprint density at radius 2 is 1.71 bits per heavy atom. The number of benzene rings is 2. The minimum atomic E-state index is -0.227. The molecule has 2 aromatic carbocycles. The summed E-state index contributed by atoms with van der Waals surface area (Å²) in [4.78, 5) is 15.2. The Balaban J connectivity index is 1.31. The van der Waals surface area contributed by atoms with E-state index in [2.05, 4.69) is 28.4 Å². The summed E-state index contributed by atoms with van der Waals surface area (Å²) < 4.78 is 11.2. The van der Waals surface area contributed by atoms with Crippen LogP contribution < -0.4 is 10.1 Å². The first kappa shape index (κ1) is 21.2. The van der Waals surface area contributed by atoms with Crippen LogP contribution in [0.5, 0.6) is 5.75 Å². The van der Waals surface area contributed by atoms with Crippen LogP contribution in [0.25, 0.3) is 0 Å². The van der Waals surface area contributed by atoms with Gasteiger partial charge in [-0.2, -0.15) is 0 Å². The van der Waals surface area contributed by atoms with Crippen molar-refractivity contribution in [2.75, 3.05) is 13.1 Å². The summed E-state index contributed by atoms with van der Waals surface area (Å²) in [7, 11) is 0. The van der Waals surface area contributed by atoms with Gasteiger partial charge in [0.1, 0.15) is 12.4 Å². The minimum absolute atomic E-state index is 0.227. The number of likely N-dealkylation sites (tertiary alicyclic amines) is 1. The largest absolute Gasteiger partial charge is 0.489 e. The van der Waals surface area contributed by atoms with Crippen LogP contribution in [0.2, 0.25) is 0 Å². The summed E-state index contributed by atoms with van der Waals surface area (Å²) in [6, 6.07) is 19.8. The molecule has 162 valence electrons. The predicted octanol–water partition coefficient (Wildman–Crippen LogP) is 5.16. The first-order valence-corrected chi connectivity index (χ1v) is 11.1. The van der Waals surface area contributed by atoms with Crippen LogP contribution in [0.3, 0.4) is 0 Å². The van der Waals surface area contributed by atoms with Crippen molar-refractivity contribution in [3.8, 4) is 5.75 Å². The molecule has 0 atom stereocenters. The van der Waals surface area contributed by atoms with Crippen molar-refractivity contribution in [2.45, 2.75) is 45.4 Å². The number of hydrogen-bond acceptors (Lipinski definition) is 4. The van der Waals surface area contributed by atoms with Gasteiger partial charge in [-0.05, 0) is 55.3 Å². The van der Waals surface area contributed by atoms with Gasteiger partial charge in [0.2, 0.25) is 0 Å². The molecule has 1 aromatic heterocycles. The number of amides is 1. The highest BCUT2D eigenvalue weighted by Gasteiger charge is 2.16. The van der Waals surface area contributed by atoms with Crippen LogP contribution in [0, 0.1) is 0 Å². The predicted molar refractivity (Wildman–Crippen MR) is 121 cm³/mol. The molecule has 0 aliphatic carbocycles. The molecule has 0 bridgehead atoms. The van der Waals surface area contributed by atoms with Gasteiger partial charge in [0.25, 0.3) is 5.91 Å². The Hall–Kier alpha value is -3.05. The van der Waals surface area contributed by atoms with Crippen LogP contribution in [0.4, 0.5) is 0 Å². The number of ether oxygens (including phenoxy) is 1. The first-order valence-electron chi connectivity index (χ1n) is 11.1. The second kappa shape index (κ2) is 10.8. The van der Waals surface area contributed by atoms with E-state index in [9.17, 15) is 4.79 Å². The third kappa shape index (κ3) is 6.22. The summed E-state index contributed by atoms with van der Waals surface area (Å²) in [5.41, 5.74) is 3.12. The maximum atomic E-state index is 12.7. The van der Waals surface area contributed by atoms with Crippen molar-refractivity contribution in [3.05, 3.63) is 89.4 Å². The van der Waals surface area contributed by atoms with Crippen molar-refractivity contribution in [3.63, 3.8) is 0 Å². The standard InChI is InChI=1S/C26H30N2O3/c29-26(25-23(13-16-30-25)20-31-24-11-4-3-5-12-24)27-18-21-9-8-10-22(17-21)19-28-14-6-1-2-7-15-28/h3-5,8-13,16-17H,1-2,6-7,14-15,18-20H2,(H,27,29). The highest BCUT2D eigenvalue weighted by molar-refractivity contribution is 5.92. The van der Waals surface area contributed by atoms with E-state index in [1.54, 1.807) is 6.07 Å². The maximum Gasteiger partial charge on any atom is 0.287 e. The monoisotopic (exact) mass is 418 g/mol. The fraction of sp³-hybridized carbons (Fsp3) is 0.346. The molecule has 1 fully saturated rings.